The topological polar surface area (TPSA) is 55.6 Å². The maximum Gasteiger partial charge on any atom is 0.229 e. The standard InChI is InChI=1S/C11H20N2O2/c1-8-4-2-3-5-13(8)11(14)9-6-15-7-10(9)12/h8-10H,2-7,12H2,1H3. The number of likely N-dealkylation sites (tertiary alicyclic amines) is 1. The van der Waals surface area contributed by atoms with E-state index >= 15 is 0 Å². The predicted octanol–water partition coefficient (Wildman–Crippen LogP) is 0.361. The summed E-state index contributed by atoms with van der Waals surface area (Å²) in [6.07, 6.45) is 3.48. The number of nitrogens with two attached hydrogens (primary N) is 1. The Kier molecular flexibility index (Phi) is 3.26. The van der Waals surface area contributed by atoms with Gasteiger partial charge in [0.05, 0.1) is 19.1 Å². The molecule has 3 unspecified atom stereocenters. The van der Waals surface area contributed by atoms with E-state index in [0.29, 0.717) is 19.3 Å². The molecule has 15 heavy (non-hydrogen) atoms. The third-order valence-corrected chi connectivity index (χ3v) is 3.53. The molecule has 4 heteroatoms. The van der Waals surface area contributed by atoms with Crippen LogP contribution >= 0.6 is 0 Å². The smallest absolute Gasteiger partial charge is 0.229 e. The Bertz CT molecular complexity index is 245. The number of carbonyl (C=O) groups is 1. The third kappa shape index (κ3) is 2.16. The van der Waals surface area contributed by atoms with Crippen molar-refractivity contribution in [3.63, 3.8) is 0 Å². The van der Waals surface area contributed by atoms with Crippen LogP contribution in [0.2, 0.25) is 0 Å². The maximum atomic E-state index is 12.2. The SMILES string of the molecule is CC1CCCCN1C(=O)C1COCC1N. The number of ether oxygens (including phenoxy) is 1. The van der Waals surface area contributed by atoms with Crippen LogP contribution in [0.4, 0.5) is 0 Å². The Balaban J connectivity index is 1.99. The molecule has 0 aliphatic carbocycles. The number of nitrogens with zero attached hydrogens (tertiary/aromatic N) is 1. The van der Waals surface area contributed by atoms with E-state index in [2.05, 4.69) is 6.92 Å². The number of rotatable bonds is 1. The van der Waals surface area contributed by atoms with Crippen LogP contribution in [-0.4, -0.2) is 42.6 Å². The fourth-order valence-electron chi connectivity index (χ4n) is 2.46. The molecule has 4 nitrogen and oxygen atoms in total. The summed E-state index contributed by atoms with van der Waals surface area (Å²) in [6, 6.07) is 0.269. The molecule has 0 aromatic rings. The molecule has 0 bridgehead atoms. The van der Waals surface area contributed by atoms with Gasteiger partial charge in [-0.05, 0) is 26.2 Å². The van der Waals surface area contributed by atoms with Crippen LogP contribution in [0.5, 0.6) is 0 Å². The van der Waals surface area contributed by atoms with Crippen LogP contribution in [0.3, 0.4) is 0 Å². The van der Waals surface area contributed by atoms with Crippen LogP contribution < -0.4 is 5.73 Å². The van der Waals surface area contributed by atoms with Crippen LogP contribution in [0.15, 0.2) is 0 Å². The number of amides is 1. The monoisotopic (exact) mass is 212 g/mol. The first-order chi connectivity index (χ1) is 7.20. The molecule has 0 aromatic carbocycles. The highest BCUT2D eigenvalue weighted by atomic mass is 16.5. The lowest BCUT2D eigenvalue weighted by Crippen LogP contribution is -2.49. The third-order valence-electron chi connectivity index (χ3n) is 3.53. The zero-order valence-corrected chi connectivity index (χ0v) is 9.32. The summed E-state index contributed by atoms with van der Waals surface area (Å²) in [7, 11) is 0. The normalized spacial score (nSPS) is 36.9. The zero-order chi connectivity index (χ0) is 10.8. The van der Waals surface area contributed by atoms with E-state index in [1.165, 1.54) is 6.42 Å². The van der Waals surface area contributed by atoms with Crippen molar-refractivity contribution in [3.8, 4) is 0 Å². The van der Waals surface area contributed by atoms with Crippen molar-refractivity contribution in [2.75, 3.05) is 19.8 Å². The Hall–Kier alpha value is -0.610. The van der Waals surface area contributed by atoms with Gasteiger partial charge in [-0.25, -0.2) is 0 Å². The maximum absolute atomic E-state index is 12.2. The van der Waals surface area contributed by atoms with E-state index in [1.54, 1.807) is 0 Å². The quantitative estimate of drug-likeness (QED) is 0.683. The molecule has 0 aromatic heterocycles. The van der Waals surface area contributed by atoms with Gasteiger partial charge < -0.3 is 15.4 Å². The van der Waals surface area contributed by atoms with Crippen molar-refractivity contribution in [1.82, 2.24) is 4.90 Å². The minimum Gasteiger partial charge on any atom is -0.379 e. The lowest BCUT2D eigenvalue weighted by Gasteiger charge is -2.35. The average molecular weight is 212 g/mol. The molecule has 86 valence electrons. The molecular weight excluding hydrogens is 192 g/mol. The number of hydrogen-bond donors (Lipinski definition) is 1. The lowest BCUT2D eigenvalue weighted by atomic mass is 9.98. The highest BCUT2D eigenvalue weighted by Crippen LogP contribution is 2.22. The van der Waals surface area contributed by atoms with Crippen molar-refractivity contribution in [1.29, 1.82) is 0 Å². The van der Waals surface area contributed by atoms with E-state index in [0.717, 1.165) is 19.4 Å². The highest BCUT2D eigenvalue weighted by Gasteiger charge is 2.36. The Morgan fingerprint density at radius 3 is 2.80 bits per heavy atom. The van der Waals surface area contributed by atoms with E-state index in [1.807, 2.05) is 4.90 Å². The summed E-state index contributed by atoms with van der Waals surface area (Å²) < 4.78 is 5.24. The van der Waals surface area contributed by atoms with Gasteiger partial charge in [-0.3, -0.25) is 4.79 Å². The van der Waals surface area contributed by atoms with Gasteiger partial charge in [0, 0.05) is 18.6 Å². The van der Waals surface area contributed by atoms with E-state index in [9.17, 15) is 4.79 Å². The Morgan fingerprint density at radius 1 is 1.40 bits per heavy atom. The van der Waals surface area contributed by atoms with Crippen LogP contribution in [0, 0.1) is 5.92 Å². The minimum atomic E-state index is -0.106. The largest absolute Gasteiger partial charge is 0.379 e. The molecule has 2 saturated heterocycles. The van der Waals surface area contributed by atoms with Crippen molar-refractivity contribution < 1.29 is 9.53 Å². The molecule has 0 saturated carbocycles. The van der Waals surface area contributed by atoms with E-state index in [-0.39, 0.29) is 17.9 Å². The predicted molar refractivity (Wildman–Crippen MR) is 57.3 cm³/mol. The fraction of sp³-hybridized carbons (Fsp3) is 0.909. The summed E-state index contributed by atoms with van der Waals surface area (Å²) in [5.74, 6) is 0.0951. The first kappa shape index (κ1) is 10.9. The summed E-state index contributed by atoms with van der Waals surface area (Å²) in [5, 5.41) is 0. The molecule has 2 heterocycles. The molecule has 2 aliphatic rings. The van der Waals surface area contributed by atoms with Gasteiger partial charge in [-0.1, -0.05) is 0 Å². The van der Waals surface area contributed by atoms with Crippen molar-refractivity contribution in [3.05, 3.63) is 0 Å². The van der Waals surface area contributed by atoms with Gasteiger partial charge in [0.2, 0.25) is 5.91 Å². The molecule has 2 rings (SSSR count). The Morgan fingerprint density at radius 2 is 2.20 bits per heavy atom. The molecule has 0 radical (unpaired) electrons. The first-order valence-electron chi connectivity index (χ1n) is 5.84. The van der Waals surface area contributed by atoms with Crippen molar-refractivity contribution >= 4 is 5.91 Å². The summed E-state index contributed by atoms with van der Waals surface area (Å²) in [5.41, 5.74) is 5.86. The Labute approximate surface area is 90.8 Å². The molecule has 1 amide bonds. The molecule has 3 atom stereocenters. The van der Waals surface area contributed by atoms with Gasteiger partial charge in [0.1, 0.15) is 0 Å². The van der Waals surface area contributed by atoms with Gasteiger partial charge in [-0.2, -0.15) is 0 Å². The molecule has 2 aliphatic heterocycles. The van der Waals surface area contributed by atoms with E-state index < -0.39 is 0 Å². The van der Waals surface area contributed by atoms with Gasteiger partial charge in [-0.15, -0.1) is 0 Å². The van der Waals surface area contributed by atoms with Gasteiger partial charge in [0.15, 0.2) is 0 Å². The summed E-state index contributed by atoms with van der Waals surface area (Å²) in [6.45, 7) is 4.05. The average Bonchev–Trinajstić information content (AvgIpc) is 2.64. The fourth-order valence-corrected chi connectivity index (χ4v) is 2.46. The molecule has 2 fully saturated rings. The van der Waals surface area contributed by atoms with E-state index in [4.69, 9.17) is 10.5 Å². The lowest BCUT2D eigenvalue weighted by molar-refractivity contribution is -0.139. The van der Waals surface area contributed by atoms with Crippen LogP contribution in [0.25, 0.3) is 0 Å². The van der Waals surface area contributed by atoms with Crippen LogP contribution in [0.1, 0.15) is 26.2 Å². The second-order valence-electron chi connectivity index (χ2n) is 4.68. The number of piperidine rings is 1. The van der Waals surface area contributed by atoms with Crippen LogP contribution in [-0.2, 0) is 9.53 Å². The second-order valence-corrected chi connectivity index (χ2v) is 4.68. The summed E-state index contributed by atoms with van der Waals surface area (Å²) in [4.78, 5) is 14.2. The number of carbonyl (C=O) groups excluding carboxylic acids is 1. The summed E-state index contributed by atoms with van der Waals surface area (Å²) >= 11 is 0. The van der Waals surface area contributed by atoms with Crippen molar-refractivity contribution in [2.24, 2.45) is 11.7 Å². The van der Waals surface area contributed by atoms with Gasteiger partial charge in [0.25, 0.3) is 0 Å². The zero-order valence-electron chi connectivity index (χ0n) is 9.32. The highest BCUT2D eigenvalue weighted by molar-refractivity contribution is 5.80. The number of hydrogen-bond acceptors (Lipinski definition) is 3. The molecule has 0 spiro atoms. The molecular formula is C11H20N2O2. The molecule has 2 N–H and O–H groups in total. The van der Waals surface area contributed by atoms with Gasteiger partial charge >= 0.3 is 0 Å². The first-order valence-corrected chi connectivity index (χ1v) is 5.84. The van der Waals surface area contributed by atoms with Crippen molar-refractivity contribution in [2.45, 2.75) is 38.3 Å². The minimum absolute atomic E-state index is 0.105. The second kappa shape index (κ2) is 4.49.